The molecule has 2 rings (SSSR count). The maximum absolute atomic E-state index is 11.1. The molecule has 2 saturated carbocycles. The van der Waals surface area contributed by atoms with E-state index in [4.69, 9.17) is 23.2 Å². The van der Waals surface area contributed by atoms with Crippen molar-refractivity contribution in [2.75, 3.05) is 6.54 Å². The van der Waals surface area contributed by atoms with E-state index < -0.39 is 4.84 Å². The van der Waals surface area contributed by atoms with E-state index in [1.165, 1.54) is 25.7 Å². The summed E-state index contributed by atoms with van der Waals surface area (Å²) in [5.74, 6) is 2.18. The van der Waals surface area contributed by atoms with Crippen LogP contribution in [0.1, 0.15) is 25.7 Å². The molecule has 2 bridgehead atoms. The summed E-state index contributed by atoms with van der Waals surface area (Å²) in [6.07, 6.45) is 5.38. The average Bonchev–Trinajstić information content (AvgIpc) is 2.74. The lowest BCUT2D eigenvalue weighted by Crippen LogP contribution is -2.34. The van der Waals surface area contributed by atoms with Crippen LogP contribution < -0.4 is 5.32 Å². The Morgan fingerprint density at radius 3 is 2.64 bits per heavy atom. The van der Waals surface area contributed by atoms with Crippen molar-refractivity contribution in [1.29, 1.82) is 0 Å². The molecule has 0 saturated heterocycles. The lowest BCUT2D eigenvalue weighted by molar-refractivity contribution is -0.119. The molecular formula is C10H15Cl2NO. The Morgan fingerprint density at radius 2 is 2.14 bits per heavy atom. The van der Waals surface area contributed by atoms with Gasteiger partial charge in [0.05, 0.1) is 0 Å². The zero-order valence-electron chi connectivity index (χ0n) is 8.01. The second-order valence-corrected chi connectivity index (χ2v) is 5.58. The third-order valence-electron chi connectivity index (χ3n) is 3.62. The van der Waals surface area contributed by atoms with Gasteiger partial charge in [-0.3, -0.25) is 4.79 Å². The normalized spacial score (nSPS) is 35.2. The molecule has 80 valence electrons. The second-order valence-electron chi connectivity index (χ2n) is 4.48. The van der Waals surface area contributed by atoms with E-state index in [2.05, 4.69) is 5.32 Å². The van der Waals surface area contributed by atoms with Gasteiger partial charge in [0.1, 0.15) is 0 Å². The summed E-state index contributed by atoms with van der Waals surface area (Å²) in [4.78, 5) is 10.2. The Hall–Kier alpha value is 0.0500. The van der Waals surface area contributed by atoms with Crippen LogP contribution in [0, 0.1) is 17.8 Å². The Kier molecular flexibility index (Phi) is 3.23. The number of alkyl halides is 2. The molecule has 1 N–H and O–H groups in total. The van der Waals surface area contributed by atoms with E-state index in [1.54, 1.807) is 0 Å². The summed E-state index contributed by atoms with van der Waals surface area (Å²) >= 11 is 10.9. The van der Waals surface area contributed by atoms with Gasteiger partial charge in [0.15, 0.2) is 4.84 Å². The number of rotatable bonds is 3. The van der Waals surface area contributed by atoms with E-state index in [0.717, 1.165) is 18.4 Å². The molecule has 0 aromatic heterocycles. The highest BCUT2D eigenvalue weighted by molar-refractivity contribution is 6.53. The molecule has 4 heteroatoms. The van der Waals surface area contributed by atoms with Crippen molar-refractivity contribution in [1.82, 2.24) is 5.32 Å². The van der Waals surface area contributed by atoms with Crippen LogP contribution in [0.2, 0.25) is 0 Å². The number of amides is 1. The Labute approximate surface area is 94.3 Å². The first-order valence-electron chi connectivity index (χ1n) is 5.22. The van der Waals surface area contributed by atoms with E-state index in [0.29, 0.717) is 5.92 Å². The molecule has 2 aliphatic carbocycles. The standard InChI is InChI=1S/C10H15Cl2NO/c11-9(12)10(14)13-5-8-4-6-1-2-7(8)3-6/h6-9H,1-5H2,(H,13,14)/t6-,7+,8+/m0/s1. The van der Waals surface area contributed by atoms with Crippen LogP contribution in [0.4, 0.5) is 0 Å². The molecule has 3 atom stereocenters. The Balaban J connectivity index is 1.74. The molecule has 0 unspecified atom stereocenters. The summed E-state index contributed by atoms with van der Waals surface area (Å²) < 4.78 is 0. The van der Waals surface area contributed by atoms with Crippen molar-refractivity contribution in [2.24, 2.45) is 17.8 Å². The fourth-order valence-electron chi connectivity index (χ4n) is 2.94. The SMILES string of the molecule is O=C(NC[C@H]1C[C@H]2CC[C@@H]1C2)C(Cl)Cl. The van der Waals surface area contributed by atoms with E-state index in [1.807, 2.05) is 0 Å². The van der Waals surface area contributed by atoms with Crippen LogP contribution >= 0.6 is 23.2 Å². The molecule has 2 aliphatic rings. The van der Waals surface area contributed by atoms with Gasteiger partial charge in [-0.25, -0.2) is 0 Å². The Bertz CT molecular complexity index is 232. The molecule has 1 amide bonds. The number of hydrogen-bond donors (Lipinski definition) is 1. The Morgan fingerprint density at radius 1 is 1.36 bits per heavy atom. The molecule has 0 aromatic rings. The van der Waals surface area contributed by atoms with Crippen LogP contribution in [0.3, 0.4) is 0 Å². The van der Waals surface area contributed by atoms with E-state index in [9.17, 15) is 4.79 Å². The monoisotopic (exact) mass is 235 g/mol. The van der Waals surface area contributed by atoms with Crippen molar-refractivity contribution in [2.45, 2.75) is 30.5 Å². The molecule has 0 aliphatic heterocycles. The quantitative estimate of drug-likeness (QED) is 0.748. The zero-order chi connectivity index (χ0) is 10.1. The largest absolute Gasteiger partial charge is 0.353 e. The molecule has 0 radical (unpaired) electrons. The number of nitrogens with one attached hydrogen (secondary N) is 1. The van der Waals surface area contributed by atoms with Crippen molar-refractivity contribution in [3.8, 4) is 0 Å². The van der Waals surface area contributed by atoms with Gasteiger partial charge in [-0.1, -0.05) is 29.6 Å². The molecule has 0 heterocycles. The summed E-state index contributed by atoms with van der Waals surface area (Å²) in [5, 5.41) is 2.81. The van der Waals surface area contributed by atoms with E-state index in [-0.39, 0.29) is 5.91 Å². The summed E-state index contributed by atoms with van der Waals surface area (Å²) in [5.41, 5.74) is 0. The van der Waals surface area contributed by atoms with Crippen LogP contribution in [0.5, 0.6) is 0 Å². The van der Waals surface area contributed by atoms with Gasteiger partial charge in [-0.15, -0.1) is 0 Å². The highest BCUT2D eigenvalue weighted by Gasteiger charge is 2.39. The van der Waals surface area contributed by atoms with Crippen molar-refractivity contribution < 1.29 is 4.79 Å². The van der Waals surface area contributed by atoms with Gasteiger partial charge in [0, 0.05) is 6.54 Å². The van der Waals surface area contributed by atoms with Gasteiger partial charge in [-0.05, 0) is 37.0 Å². The van der Waals surface area contributed by atoms with Crippen LogP contribution in [0.15, 0.2) is 0 Å². The van der Waals surface area contributed by atoms with Gasteiger partial charge < -0.3 is 5.32 Å². The molecule has 0 aromatic carbocycles. The van der Waals surface area contributed by atoms with Gasteiger partial charge in [0.2, 0.25) is 0 Å². The maximum Gasteiger partial charge on any atom is 0.253 e. The minimum Gasteiger partial charge on any atom is -0.353 e. The number of carbonyl (C=O) groups excluding carboxylic acids is 1. The predicted octanol–water partition coefficient (Wildman–Crippen LogP) is 2.34. The minimum atomic E-state index is -0.923. The minimum absolute atomic E-state index is 0.254. The first-order chi connectivity index (χ1) is 6.66. The number of carbonyl (C=O) groups is 1. The number of fused-ring (bicyclic) bond motifs is 2. The van der Waals surface area contributed by atoms with Gasteiger partial charge in [-0.2, -0.15) is 0 Å². The number of halogens is 2. The van der Waals surface area contributed by atoms with Crippen LogP contribution in [-0.4, -0.2) is 17.3 Å². The summed E-state index contributed by atoms with van der Waals surface area (Å²) in [6.45, 7) is 0.760. The topological polar surface area (TPSA) is 29.1 Å². The second kappa shape index (κ2) is 4.28. The molecule has 2 nitrogen and oxygen atoms in total. The first-order valence-corrected chi connectivity index (χ1v) is 6.10. The smallest absolute Gasteiger partial charge is 0.253 e. The van der Waals surface area contributed by atoms with Gasteiger partial charge in [0.25, 0.3) is 5.91 Å². The highest BCUT2D eigenvalue weighted by Crippen LogP contribution is 2.47. The fraction of sp³-hybridized carbons (Fsp3) is 0.900. The lowest BCUT2D eigenvalue weighted by atomic mass is 9.89. The molecule has 0 spiro atoms. The predicted molar refractivity (Wildman–Crippen MR) is 57.4 cm³/mol. The number of hydrogen-bond acceptors (Lipinski definition) is 1. The van der Waals surface area contributed by atoms with Crippen molar-refractivity contribution >= 4 is 29.1 Å². The van der Waals surface area contributed by atoms with Gasteiger partial charge >= 0.3 is 0 Å². The van der Waals surface area contributed by atoms with Crippen molar-refractivity contribution in [3.63, 3.8) is 0 Å². The highest BCUT2D eigenvalue weighted by atomic mass is 35.5. The van der Waals surface area contributed by atoms with E-state index >= 15 is 0 Å². The summed E-state index contributed by atoms with van der Waals surface area (Å²) in [7, 11) is 0. The first kappa shape index (κ1) is 10.6. The van der Waals surface area contributed by atoms with Crippen LogP contribution in [-0.2, 0) is 4.79 Å². The maximum atomic E-state index is 11.1. The third kappa shape index (κ3) is 2.17. The summed E-state index contributed by atoms with van der Waals surface area (Å²) in [6, 6.07) is 0. The van der Waals surface area contributed by atoms with Crippen molar-refractivity contribution in [3.05, 3.63) is 0 Å². The molecule has 14 heavy (non-hydrogen) atoms. The fourth-order valence-corrected chi connectivity index (χ4v) is 3.09. The van der Waals surface area contributed by atoms with Crippen LogP contribution in [0.25, 0.3) is 0 Å². The average molecular weight is 236 g/mol. The lowest BCUT2D eigenvalue weighted by Gasteiger charge is -2.21. The third-order valence-corrected chi connectivity index (χ3v) is 4.02. The molecule has 2 fully saturated rings. The zero-order valence-corrected chi connectivity index (χ0v) is 9.52. The molecular weight excluding hydrogens is 221 g/mol.